The maximum atomic E-state index is 13.0. The van der Waals surface area contributed by atoms with Crippen LogP contribution in [0.15, 0.2) is 0 Å². The molecule has 0 aromatic rings. The van der Waals surface area contributed by atoms with Crippen molar-refractivity contribution in [1.29, 1.82) is 0 Å². The Morgan fingerprint density at radius 2 is 1.88 bits per heavy atom. The molecule has 16 heavy (non-hydrogen) atoms. The Morgan fingerprint density at radius 3 is 2.31 bits per heavy atom. The van der Waals surface area contributed by atoms with E-state index < -0.39 is 16.6 Å². The fourth-order valence-electron chi connectivity index (χ4n) is 1.17. The van der Waals surface area contributed by atoms with Gasteiger partial charge in [0, 0.05) is 19.8 Å². The van der Waals surface area contributed by atoms with Gasteiger partial charge in [-0.3, -0.25) is 4.57 Å². The molecular weight excluding hydrogens is 257 g/mol. The smallest absolute Gasteiger partial charge is 0.368 e. The zero-order valence-corrected chi connectivity index (χ0v) is 11.8. The van der Waals surface area contributed by atoms with Gasteiger partial charge in [0.1, 0.15) is 0 Å². The molecule has 8 heteroatoms. The summed E-state index contributed by atoms with van der Waals surface area (Å²) in [6.07, 6.45) is 0.0946. The molecule has 1 atom stereocenters. The van der Waals surface area contributed by atoms with Crippen molar-refractivity contribution in [2.45, 2.75) is 26.3 Å². The molecule has 0 aliphatic rings. The molecule has 0 spiro atoms. The Morgan fingerprint density at radius 1 is 1.25 bits per heavy atom. The van der Waals surface area contributed by atoms with Crippen LogP contribution < -0.4 is 0 Å². The van der Waals surface area contributed by atoms with Crippen LogP contribution in [0.1, 0.15) is 20.3 Å². The minimum atomic E-state index is -4.57. The van der Waals surface area contributed by atoms with Crippen molar-refractivity contribution in [3.8, 4) is 0 Å². The average molecular weight is 276 g/mol. The van der Waals surface area contributed by atoms with Crippen molar-refractivity contribution < 1.29 is 26.3 Å². The van der Waals surface area contributed by atoms with Gasteiger partial charge in [-0.2, -0.15) is 0 Å². The summed E-state index contributed by atoms with van der Waals surface area (Å²) in [6.45, 7) is 3.45. The van der Waals surface area contributed by atoms with Crippen LogP contribution in [0.2, 0.25) is 6.04 Å². The molecule has 0 aromatic carbocycles. The molecule has 98 valence electrons. The first kappa shape index (κ1) is 16.2. The molecule has 1 unspecified atom stereocenters. The van der Waals surface area contributed by atoms with E-state index in [4.69, 9.17) is 9.05 Å². The van der Waals surface area contributed by atoms with Crippen LogP contribution >= 0.6 is 7.60 Å². The molecule has 0 bridgehead atoms. The Labute approximate surface area is 96.3 Å². The second-order valence-corrected chi connectivity index (χ2v) is 7.46. The lowest BCUT2D eigenvalue weighted by Crippen LogP contribution is -2.27. The van der Waals surface area contributed by atoms with Crippen molar-refractivity contribution in [2.24, 2.45) is 0 Å². The second-order valence-electron chi connectivity index (χ2n) is 3.11. The summed E-state index contributed by atoms with van der Waals surface area (Å²) in [5, 5.41) is 0. The molecule has 0 saturated carbocycles. The monoisotopic (exact) mass is 276 g/mol. The topological polar surface area (TPSA) is 44.8 Å². The SMILES string of the molecule is CCO[Si](F)(F)CCCP(=O)(OC)OCC. The van der Waals surface area contributed by atoms with E-state index in [1.165, 1.54) is 14.0 Å². The van der Waals surface area contributed by atoms with Crippen LogP contribution in [-0.4, -0.2) is 35.5 Å². The molecule has 0 radical (unpaired) electrons. The molecule has 0 rings (SSSR count). The predicted octanol–water partition coefficient (Wildman–Crippen LogP) is 3.17. The molecule has 0 N–H and O–H groups in total. The summed E-state index contributed by atoms with van der Waals surface area (Å²) in [5.74, 6) is 0. The van der Waals surface area contributed by atoms with Gasteiger partial charge in [0.05, 0.1) is 12.8 Å². The van der Waals surface area contributed by atoms with Crippen LogP contribution in [0.5, 0.6) is 0 Å². The molecule has 0 aliphatic carbocycles. The van der Waals surface area contributed by atoms with Crippen molar-refractivity contribution in [3.05, 3.63) is 0 Å². The number of rotatable bonds is 9. The lowest BCUT2D eigenvalue weighted by Gasteiger charge is -2.16. The third-order valence-corrected chi connectivity index (χ3v) is 5.58. The van der Waals surface area contributed by atoms with Gasteiger partial charge >= 0.3 is 16.6 Å². The molecular formula is C8H19F2O4PSi. The lowest BCUT2D eigenvalue weighted by molar-refractivity contribution is 0.233. The quantitative estimate of drug-likeness (QED) is 0.368. The van der Waals surface area contributed by atoms with Gasteiger partial charge < -0.3 is 13.5 Å². The highest BCUT2D eigenvalue weighted by Gasteiger charge is 2.38. The Balaban J connectivity index is 4.00. The Kier molecular flexibility index (Phi) is 7.59. The summed E-state index contributed by atoms with van der Waals surface area (Å²) < 4.78 is 51.8. The fourth-order valence-corrected chi connectivity index (χ4v) is 3.98. The van der Waals surface area contributed by atoms with Crippen LogP contribution in [0.4, 0.5) is 8.22 Å². The van der Waals surface area contributed by atoms with E-state index in [1.807, 2.05) is 0 Å². The normalized spacial score (nSPS) is 16.1. The van der Waals surface area contributed by atoms with E-state index in [2.05, 4.69) is 4.43 Å². The van der Waals surface area contributed by atoms with E-state index in [0.717, 1.165) is 0 Å². The first-order chi connectivity index (χ1) is 7.39. The predicted molar refractivity (Wildman–Crippen MR) is 60.1 cm³/mol. The molecule has 4 nitrogen and oxygen atoms in total. The first-order valence-corrected chi connectivity index (χ1v) is 8.80. The van der Waals surface area contributed by atoms with E-state index >= 15 is 0 Å². The standard InChI is InChI=1S/C8H19F2O4PSi/c1-4-13-15(11,12-3)7-6-8-16(9,10)14-5-2/h4-8H2,1-3H3. The third kappa shape index (κ3) is 6.70. The Hall–Kier alpha value is 0.187. The van der Waals surface area contributed by atoms with Crippen LogP contribution in [0, 0.1) is 0 Å². The average Bonchev–Trinajstić information content (AvgIpc) is 2.17. The van der Waals surface area contributed by atoms with E-state index in [1.54, 1.807) is 6.92 Å². The van der Waals surface area contributed by atoms with Crippen LogP contribution in [-0.2, 0) is 18.0 Å². The summed E-state index contributed by atoms with van der Waals surface area (Å²) in [4.78, 5) is 0. The van der Waals surface area contributed by atoms with Crippen LogP contribution in [0.3, 0.4) is 0 Å². The van der Waals surface area contributed by atoms with Gasteiger partial charge in [-0.25, -0.2) is 8.22 Å². The van der Waals surface area contributed by atoms with E-state index in [-0.39, 0.29) is 31.8 Å². The van der Waals surface area contributed by atoms with Crippen molar-refractivity contribution in [3.63, 3.8) is 0 Å². The summed E-state index contributed by atoms with van der Waals surface area (Å²) in [7, 11) is -6.48. The summed E-state index contributed by atoms with van der Waals surface area (Å²) >= 11 is 0. The minimum Gasteiger partial charge on any atom is -0.368 e. The van der Waals surface area contributed by atoms with Gasteiger partial charge in [-0.1, -0.05) is 0 Å². The molecule has 0 heterocycles. The lowest BCUT2D eigenvalue weighted by atomic mass is 10.6. The highest BCUT2D eigenvalue weighted by atomic mass is 31.2. The number of hydrogen-bond donors (Lipinski definition) is 0. The van der Waals surface area contributed by atoms with Gasteiger partial charge in [0.2, 0.25) is 0 Å². The number of hydrogen-bond acceptors (Lipinski definition) is 4. The Bertz CT molecular complexity index is 240. The molecule has 0 aliphatic heterocycles. The van der Waals surface area contributed by atoms with Gasteiger partial charge in [-0.05, 0) is 20.3 Å². The van der Waals surface area contributed by atoms with Gasteiger partial charge in [0.25, 0.3) is 0 Å². The second kappa shape index (κ2) is 7.50. The maximum Gasteiger partial charge on any atom is 0.577 e. The van der Waals surface area contributed by atoms with Crippen molar-refractivity contribution in [2.75, 3.05) is 26.5 Å². The molecule has 0 fully saturated rings. The van der Waals surface area contributed by atoms with Crippen molar-refractivity contribution in [1.82, 2.24) is 0 Å². The highest BCUT2D eigenvalue weighted by Crippen LogP contribution is 2.48. The first-order valence-electron chi connectivity index (χ1n) is 5.20. The molecule has 0 saturated heterocycles. The fraction of sp³-hybridized carbons (Fsp3) is 1.00. The van der Waals surface area contributed by atoms with E-state index in [0.29, 0.717) is 0 Å². The molecule has 0 amide bonds. The van der Waals surface area contributed by atoms with Gasteiger partial charge in [-0.15, -0.1) is 0 Å². The van der Waals surface area contributed by atoms with E-state index in [9.17, 15) is 12.8 Å². The zero-order chi connectivity index (χ0) is 12.7. The largest absolute Gasteiger partial charge is 0.577 e. The van der Waals surface area contributed by atoms with Gasteiger partial charge in [0.15, 0.2) is 0 Å². The van der Waals surface area contributed by atoms with Crippen molar-refractivity contribution >= 4 is 16.6 Å². The summed E-state index contributed by atoms with van der Waals surface area (Å²) in [6, 6.07) is -0.346. The minimum absolute atomic E-state index is 0.00657. The highest BCUT2D eigenvalue weighted by molar-refractivity contribution is 7.53. The summed E-state index contributed by atoms with van der Waals surface area (Å²) in [5.41, 5.74) is 0. The zero-order valence-electron chi connectivity index (χ0n) is 9.87. The number of halogens is 2. The maximum absolute atomic E-state index is 13.0. The molecule has 0 aromatic heterocycles. The third-order valence-electron chi connectivity index (χ3n) is 1.86. The van der Waals surface area contributed by atoms with Crippen LogP contribution in [0.25, 0.3) is 0 Å².